The fourth-order valence-corrected chi connectivity index (χ4v) is 12.6. The van der Waals surface area contributed by atoms with Gasteiger partial charge in [0, 0.05) is 61.6 Å². The highest BCUT2D eigenvalue weighted by atomic mass is 32.2. The van der Waals surface area contributed by atoms with E-state index in [0.29, 0.717) is 85.3 Å². The van der Waals surface area contributed by atoms with Crippen LogP contribution in [0.5, 0.6) is 5.88 Å². The summed E-state index contributed by atoms with van der Waals surface area (Å²) in [6.45, 7) is 10.5. The molecule has 5 aliphatic rings. The lowest BCUT2D eigenvalue weighted by atomic mass is 9.59. The molecule has 0 bridgehead atoms. The Labute approximate surface area is 398 Å². The number of sulfonamides is 1. The lowest BCUT2D eigenvalue weighted by molar-refractivity contribution is -0.384. The second kappa shape index (κ2) is 18.3. The fourth-order valence-electron chi connectivity index (χ4n) is 11.7. The van der Waals surface area contributed by atoms with Gasteiger partial charge in [-0.15, -0.1) is 0 Å². The van der Waals surface area contributed by atoms with Gasteiger partial charge in [0.15, 0.2) is 0 Å². The molecular weight excluding hydrogens is 883 g/mol. The third-order valence-corrected chi connectivity index (χ3v) is 16.9. The van der Waals surface area contributed by atoms with Gasteiger partial charge in [-0.05, 0) is 143 Å². The van der Waals surface area contributed by atoms with Gasteiger partial charge in [0.05, 0.1) is 34.6 Å². The van der Waals surface area contributed by atoms with E-state index in [1.54, 1.807) is 12.3 Å². The highest BCUT2D eigenvalue weighted by Crippen LogP contribution is 2.54. The second-order valence-corrected chi connectivity index (χ2v) is 22.2. The van der Waals surface area contributed by atoms with Crippen LogP contribution >= 0.6 is 0 Å². The third-order valence-electron chi connectivity index (χ3n) is 15.6. The Balaban J connectivity index is 0.886. The van der Waals surface area contributed by atoms with E-state index in [4.69, 9.17) is 9.72 Å². The van der Waals surface area contributed by atoms with E-state index >= 15 is 0 Å². The van der Waals surface area contributed by atoms with Crippen molar-refractivity contribution in [2.75, 3.05) is 54.4 Å². The third kappa shape index (κ3) is 9.11. The first-order valence-electron chi connectivity index (χ1n) is 24.5. The molecule has 6 heterocycles. The van der Waals surface area contributed by atoms with Crippen molar-refractivity contribution in [3.05, 3.63) is 99.9 Å². The Hall–Kier alpha value is -5.78. The van der Waals surface area contributed by atoms with Crippen molar-refractivity contribution in [1.29, 1.82) is 0 Å². The van der Waals surface area contributed by atoms with Crippen molar-refractivity contribution >= 4 is 55.5 Å². The van der Waals surface area contributed by atoms with Crippen LogP contribution in [0.1, 0.15) is 125 Å². The molecular formula is C51H63N9O7S. The van der Waals surface area contributed by atoms with Gasteiger partial charge in [-0.1, -0.05) is 38.1 Å². The van der Waals surface area contributed by atoms with E-state index < -0.39 is 37.0 Å². The van der Waals surface area contributed by atoms with Gasteiger partial charge >= 0.3 is 5.69 Å². The highest BCUT2D eigenvalue weighted by molar-refractivity contribution is 7.90. The summed E-state index contributed by atoms with van der Waals surface area (Å²) < 4.78 is 36.3. The van der Waals surface area contributed by atoms with Crippen molar-refractivity contribution in [2.24, 2.45) is 11.3 Å². The predicted octanol–water partition coefficient (Wildman–Crippen LogP) is 8.97. The van der Waals surface area contributed by atoms with Crippen molar-refractivity contribution < 1.29 is 28.0 Å². The molecule has 5 aromatic rings. The number of benzene rings is 2. The molecule has 0 radical (unpaired) electrons. The Kier molecular flexibility index (Phi) is 12.4. The zero-order chi connectivity index (χ0) is 47.4. The van der Waals surface area contributed by atoms with Crippen LogP contribution in [0.25, 0.3) is 11.0 Å². The molecule has 2 saturated heterocycles. The average molecular weight is 946 g/mol. The number of pyridine rings is 2. The molecule has 68 heavy (non-hydrogen) atoms. The minimum atomic E-state index is -4.64. The highest BCUT2D eigenvalue weighted by Gasteiger charge is 2.50. The molecule has 2 aliphatic carbocycles. The Morgan fingerprint density at radius 3 is 2.53 bits per heavy atom. The molecule has 3 aliphatic heterocycles. The molecule has 4 N–H and O–H groups in total. The molecule has 4 fully saturated rings. The number of H-pyrrole nitrogens is 1. The number of aromatic nitrogens is 3. The summed E-state index contributed by atoms with van der Waals surface area (Å²) in [6, 6.07) is 20.4. The predicted molar refractivity (Wildman–Crippen MR) is 262 cm³/mol. The number of fused-ring (bicyclic) bond motifs is 2. The minimum absolute atomic E-state index is 0.0630. The fraction of sp³-hybridized carbons (Fsp3) is 0.510. The number of likely N-dealkylation sites (tertiary alicyclic amines) is 1. The van der Waals surface area contributed by atoms with Crippen LogP contribution in [-0.2, 0) is 10.0 Å². The van der Waals surface area contributed by atoms with E-state index in [-0.39, 0.29) is 17.3 Å². The number of carbonyl (C=O) groups is 1. The number of rotatable bonds is 12. The maximum atomic E-state index is 14.4. The molecule has 1 spiro atoms. The maximum absolute atomic E-state index is 14.4. The summed E-state index contributed by atoms with van der Waals surface area (Å²) in [4.78, 5) is 44.7. The standard InChI is InChI=1S/C51H63N9O7S/c1-33(2)39-8-4-5-9-40(39)42-10-6-21-58(42)37-29-51(30-37)18-23-57(24-19-51)36-11-12-41(43(27-36)59-22-7-25-67-49-45(59)26-35-15-20-52-46(35)55-49)48(61)56-68(65,66)38-28-44(60(63)64)47(54-32-38)53-31-34-13-16-50(3,62)17-14-34/h4-5,8-9,11-12,15,20,26-28,32-34,37,42,62H,6-7,10,13-14,16-19,21-25,29-31H2,1-3H3,(H,52,55)(H,53,54)(H,56,61)/t34?,42-,50?/m0/s1. The molecule has 360 valence electrons. The van der Waals surface area contributed by atoms with Gasteiger partial charge < -0.3 is 29.9 Å². The monoisotopic (exact) mass is 945 g/mol. The first-order valence-corrected chi connectivity index (χ1v) is 25.9. The Bertz CT molecular complexity index is 2810. The molecule has 1 amide bonds. The first-order chi connectivity index (χ1) is 32.7. The molecule has 3 aromatic heterocycles. The SMILES string of the molecule is CC(C)c1ccccc1[C@@H]1CCCN1C1CC2(CCN(c3ccc(C(=O)NS(=O)(=O)c4cnc(NCC5CCC(C)(O)CC5)c([N+](=O)[O-])c4)c(N4CCCOc5nc6[nH]ccc6cc54)c3)CC2)C1. The number of aliphatic hydroxyl groups is 1. The van der Waals surface area contributed by atoms with Gasteiger partial charge in [0.1, 0.15) is 16.2 Å². The number of nitrogens with zero attached hydrogens (tertiary/aromatic N) is 6. The van der Waals surface area contributed by atoms with E-state index in [9.17, 15) is 28.4 Å². The smallest absolute Gasteiger partial charge is 0.312 e. The summed E-state index contributed by atoms with van der Waals surface area (Å²) in [5, 5.41) is 26.5. The zero-order valence-electron chi connectivity index (χ0n) is 39.2. The van der Waals surface area contributed by atoms with Crippen LogP contribution in [0.15, 0.2) is 78.0 Å². The maximum Gasteiger partial charge on any atom is 0.312 e. The van der Waals surface area contributed by atoms with E-state index in [2.05, 4.69) is 67.9 Å². The molecule has 2 aromatic carbocycles. The van der Waals surface area contributed by atoms with Crippen LogP contribution in [0, 0.1) is 21.4 Å². The van der Waals surface area contributed by atoms with E-state index in [1.165, 1.54) is 36.8 Å². The van der Waals surface area contributed by atoms with E-state index in [1.807, 2.05) is 36.1 Å². The normalized spacial score (nSPS) is 23.2. The average Bonchev–Trinajstić information content (AvgIpc) is 3.95. The summed E-state index contributed by atoms with van der Waals surface area (Å²) in [5.41, 5.74) is 4.87. The van der Waals surface area contributed by atoms with Gasteiger partial charge in [0.2, 0.25) is 11.7 Å². The van der Waals surface area contributed by atoms with Crippen molar-refractivity contribution in [3.63, 3.8) is 0 Å². The van der Waals surface area contributed by atoms with Gasteiger partial charge in [-0.2, -0.15) is 4.98 Å². The second-order valence-electron chi connectivity index (χ2n) is 20.6. The van der Waals surface area contributed by atoms with Gasteiger partial charge in [-0.25, -0.2) is 18.1 Å². The van der Waals surface area contributed by atoms with Crippen LogP contribution in [0.3, 0.4) is 0 Å². The number of nitro groups is 1. The van der Waals surface area contributed by atoms with Gasteiger partial charge in [-0.3, -0.25) is 19.8 Å². The summed E-state index contributed by atoms with van der Waals surface area (Å²) in [6.07, 6.45) is 13.1. The van der Waals surface area contributed by atoms with E-state index in [0.717, 1.165) is 68.7 Å². The number of hydrogen-bond donors (Lipinski definition) is 4. The Morgan fingerprint density at radius 2 is 1.76 bits per heavy atom. The van der Waals surface area contributed by atoms with Crippen LogP contribution < -0.4 is 24.6 Å². The zero-order valence-corrected chi connectivity index (χ0v) is 40.1. The van der Waals surface area contributed by atoms with Crippen LogP contribution in [0.4, 0.5) is 28.6 Å². The molecule has 10 rings (SSSR count). The summed E-state index contributed by atoms with van der Waals surface area (Å²) >= 11 is 0. The summed E-state index contributed by atoms with van der Waals surface area (Å²) in [7, 11) is -4.64. The minimum Gasteiger partial charge on any atom is -0.476 e. The first kappa shape index (κ1) is 46.0. The number of nitrogens with one attached hydrogen (secondary N) is 3. The topological polar surface area (TPSA) is 199 Å². The van der Waals surface area contributed by atoms with Crippen LogP contribution in [-0.4, -0.2) is 95.2 Å². The number of aromatic amines is 1. The van der Waals surface area contributed by atoms with Crippen molar-refractivity contribution in [3.8, 4) is 5.88 Å². The molecule has 17 heteroatoms. The number of amides is 1. The number of anilines is 4. The molecule has 2 saturated carbocycles. The number of piperidine rings is 1. The quantitative estimate of drug-likeness (QED) is 0.0683. The van der Waals surface area contributed by atoms with Crippen molar-refractivity contribution in [2.45, 2.75) is 120 Å². The lowest BCUT2D eigenvalue weighted by Gasteiger charge is -2.56. The van der Waals surface area contributed by atoms with Crippen molar-refractivity contribution in [1.82, 2.24) is 24.6 Å². The van der Waals surface area contributed by atoms with Gasteiger partial charge in [0.25, 0.3) is 15.9 Å². The number of ether oxygens (including phenoxy) is 1. The van der Waals surface area contributed by atoms with Crippen LogP contribution in [0.2, 0.25) is 0 Å². The lowest BCUT2D eigenvalue weighted by Crippen LogP contribution is -2.55. The summed E-state index contributed by atoms with van der Waals surface area (Å²) in [5.74, 6) is 0.108. The molecule has 16 nitrogen and oxygen atoms in total. The number of carbonyl (C=O) groups excluding carboxylic acids is 1. The number of hydrogen-bond acceptors (Lipinski definition) is 13. The Morgan fingerprint density at radius 1 is 0.985 bits per heavy atom. The molecule has 0 unspecified atom stereocenters. The largest absolute Gasteiger partial charge is 0.476 e. The molecule has 1 atom stereocenters.